The van der Waals surface area contributed by atoms with Crippen LogP contribution in [0.5, 0.6) is 0 Å². The average molecular weight is 208 g/mol. The van der Waals surface area contributed by atoms with Gasteiger partial charge >= 0.3 is 0 Å². The highest BCUT2D eigenvalue weighted by Gasteiger charge is 2.45. The first-order valence-electron chi connectivity index (χ1n) is 6.29. The number of amides is 1. The van der Waals surface area contributed by atoms with E-state index in [1.54, 1.807) is 0 Å². The van der Waals surface area contributed by atoms with Gasteiger partial charge in [0.05, 0.1) is 0 Å². The van der Waals surface area contributed by atoms with Crippen molar-refractivity contribution in [2.75, 3.05) is 0 Å². The van der Waals surface area contributed by atoms with E-state index in [0.29, 0.717) is 12.3 Å². The second-order valence-corrected chi connectivity index (χ2v) is 5.63. The Kier molecular flexibility index (Phi) is 2.23. The van der Waals surface area contributed by atoms with E-state index in [4.69, 9.17) is 5.73 Å². The molecule has 0 radical (unpaired) electrons. The van der Waals surface area contributed by atoms with Crippen LogP contribution in [0.4, 0.5) is 0 Å². The molecule has 3 nitrogen and oxygen atoms in total. The Balaban J connectivity index is 1.72. The van der Waals surface area contributed by atoms with Crippen LogP contribution < -0.4 is 11.1 Å². The molecule has 2 aliphatic carbocycles. The summed E-state index contributed by atoms with van der Waals surface area (Å²) in [6.45, 7) is 0. The summed E-state index contributed by atoms with van der Waals surface area (Å²) in [6, 6.07) is 0.480. The minimum absolute atomic E-state index is 0.201. The fourth-order valence-corrected chi connectivity index (χ4v) is 4.00. The molecule has 2 bridgehead atoms. The summed E-state index contributed by atoms with van der Waals surface area (Å²) in [5, 5.41) is 3.13. The first-order chi connectivity index (χ1) is 7.24. The maximum absolute atomic E-state index is 11.4. The summed E-state index contributed by atoms with van der Waals surface area (Å²) < 4.78 is 0. The summed E-state index contributed by atoms with van der Waals surface area (Å²) in [5.74, 6) is 2.68. The van der Waals surface area contributed by atoms with E-state index in [-0.39, 0.29) is 18.0 Å². The largest absolute Gasteiger partial charge is 0.352 e. The van der Waals surface area contributed by atoms with Gasteiger partial charge in [-0.2, -0.15) is 0 Å². The fourth-order valence-electron chi connectivity index (χ4n) is 4.00. The van der Waals surface area contributed by atoms with Gasteiger partial charge in [0, 0.05) is 18.5 Å². The van der Waals surface area contributed by atoms with Crippen molar-refractivity contribution in [3.05, 3.63) is 0 Å². The van der Waals surface area contributed by atoms with Crippen LogP contribution in [0.25, 0.3) is 0 Å². The number of nitrogens with two attached hydrogens (primary N) is 1. The molecule has 0 aromatic carbocycles. The number of fused-ring (bicyclic) bond motifs is 2. The summed E-state index contributed by atoms with van der Waals surface area (Å²) in [7, 11) is 0. The fraction of sp³-hybridized carbons (Fsp3) is 0.917. The van der Waals surface area contributed by atoms with Crippen molar-refractivity contribution in [3.63, 3.8) is 0 Å². The van der Waals surface area contributed by atoms with Gasteiger partial charge < -0.3 is 11.1 Å². The molecular weight excluding hydrogens is 188 g/mol. The third-order valence-corrected chi connectivity index (χ3v) is 4.75. The Morgan fingerprint density at radius 3 is 2.73 bits per heavy atom. The number of hydrogen-bond acceptors (Lipinski definition) is 2. The highest BCUT2D eigenvalue weighted by atomic mass is 16.1. The van der Waals surface area contributed by atoms with Gasteiger partial charge in [-0.05, 0) is 43.4 Å². The van der Waals surface area contributed by atoms with E-state index in [9.17, 15) is 4.79 Å². The molecule has 1 heterocycles. The monoisotopic (exact) mass is 208 g/mol. The summed E-state index contributed by atoms with van der Waals surface area (Å²) in [6.07, 6.45) is 6.99. The summed E-state index contributed by atoms with van der Waals surface area (Å²) in [4.78, 5) is 11.4. The smallest absolute Gasteiger partial charge is 0.220 e. The molecule has 0 aromatic rings. The predicted molar refractivity (Wildman–Crippen MR) is 58.1 cm³/mol. The Morgan fingerprint density at radius 2 is 2.07 bits per heavy atom. The first-order valence-corrected chi connectivity index (χ1v) is 6.29. The minimum Gasteiger partial charge on any atom is -0.352 e. The Morgan fingerprint density at radius 1 is 1.20 bits per heavy atom. The summed E-state index contributed by atoms with van der Waals surface area (Å²) in [5.41, 5.74) is 6.14. The molecule has 2 saturated carbocycles. The molecule has 0 spiro atoms. The molecule has 0 unspecified atom stereocenters. The minimum atomic E-state index is 0.201. The van der Waals surface area contributed by atoms with Gasteiger partial charge in [0.25, 0.3) is 0 Å². The van der Waals surface area contributed by atoms with Crippen LogP contribution in [0.3, 0.4) is 0 Å². The quantitative estimate of drug-likeness (QED) is 0.676. The van der Waals surface area contributed by atoms with E-state index in [1.807, 2.05) is 0 Å². The van der Waals surface area contributed by atoms with E-state index in [0.717, 1.165) is 18.3 Å². The van der Waals surface area contributed by atoms with Crippen molar-refractivity contribution < 1.29 is 4.79 Å². The van der Waals surface area contributed by atoms with E-state index < -0.39 is 0 Å². The molecular formula is C12H20N2O. The lowest BCUT2D eigenvalue weighted by Gasteiger charge is -2.37. The first kappa shape index (κ1) is 9.64. The van der Waals surface area contributed by atoms with Crippen LogP contribution in [-0.4, -0.2) is 18.0 Å². The van der Waals surface area contributed by atoms with Crippen molar-refractivity contribution in [2.45, 2.75) is 50.6 Å². The zero-order valence-electron chi connectivity index (χ0n) is 9.11. The van der Waals surface area contributed by atoms with Crippen molar-refractivity contribution in [1.29, 1.82) is 0 Å². The predicted octanol–water partition coefficient (Wildman–Crippen LogP) is 1.03. The van der Waals surface area contributed by atoms with Crippen molar-refractivity contribution in [1.82, 2.24) is 5.32 Å². The van der Waals surface area contributed by atoms with E-state index in [2.05, 4.69) is 5.32 Å². The molecule has 0 aromatic heterocycles. The lowest BCUT2D eigenvalue weighted by atomic mass is 9.78. The molecule has 3 aliphatic rings. The number of hydrogen-bond donors (Lipinski definition) is 2. The van der Waals surface area contributed by atoms with Gasteiger partial charge in [-0.15, -0.1) is 0 Å². The number of nitrogens with one attached hydrogen (secondary N) is 1. The molecule has 3 rings (SSSR count). The Hall–Kier alpha value is -0.570. The maximum atomic E-state index is 11.4. The molecule has 1 amide bonds. The molecule has 3 N–H and O–H groups in total. The van der Waals surface area contributed by atoms with Gasteiger partial charge in [-0.25, -0.2) is 0 Å². The van der Waals surface area contributed by atoms with Crippen LogP contribution in [0.1, 0.15) is 38.5 Å². The SMILES string of the molecule is N[C@@H]1CCC(=O)N[C@H]1[C@@H]1C[C@H]2CC[C@H]1C2. The lowest BCUT2D eigenvalue weighted by Crippen LogP contribution is -2.56. The molecule has 1 aliphatic heterocycles. The van der Waals surface area contributed by atoms with Gasteiger partial charge in [0.15, 0.2) is 0 Å². The van der Waals surface area contributed by atoms with Gasteiger partial charge in [-0.3, -0.25) is 4.79 Å². The van der Waals surface area contributed by atoms with E-state index in [1.165, 1.54) is 25.7 Å². The topological polar surface area (TPSA) is 55.1 Å². The van der Waals surface area contributed by atoms with Gasteiger partial charge in [-0.1, -0.05) is 6.42 Å². The second-order valence-electron chi connectivity index (χ2n) is 5.63. The van der Waals surface area contributed by atoms with Crippen LogP contribution in [0, 0.1) is 17.8 Å². The van der Waals surface area contributed by atoms with Crippen molar-refractivity contribution in [3.8, 4) is 0 Å². The summed E-state index contributed by atoms with van der Waals surface area (Å²) >= 11 is 0. The normalized spacial score (nSPS) is 49.4. The maximum Gasteiger partial charge on any atom is 0.220 e. The third-order valence-electron chi connectivity index (χ3n) is 4.75. The number of rotatable bonds is 1. The van der Waals surface area contributed by atoms with E-state index >= 15 is 0 Å². The zero-order valence-corrected chi connectivity index (χ0v) is 9.11. The zero-order chi connectivity index (χ0) is 10.4. The molecule has 15 heavy (non-hydrogen) atoms. The molecule has 3 heteroatoms. The van der Waals surface area contributed by atoms with Crippen LogP contribution >= 0.6 is 0 Å². The second kappa shape index (κ2) is 3.48. The van der Waals surface area contributed by atoms with Crippen molar-refractivity contribution >= 4 is 5.91 Å². The van der Waals surface area contributed by atoms with Gasteiger partial charge in [0.2, 0.25) is 5.91 Å². The van der Waals surface area contributed by atoms with Crippen molar-refractivity contribution in [2.24, 2.45) is 23.5 Å². The number of carbonyl (C=O) groups excluding carboxylic acids is 1. The average Bonchev–Trinajstić information content (AvgIpc) is 2.83. The Bertz CT molecular complexity index is 279. The molecule has 84 valence electrons. The number of piperidine rings is 1. The van der Waals surface area contributed by atoms with Crippen LogP contribution in [0.2, 0.25) is 0 Å². The Labute approximate surface area is 90.8 Å². The molecule has 3 fully saturated rings. The van der Waals surface area contributed by atoms with Gasteiger partial charge in [0.1, 0.15) is 0 Å². The molecule has 1 saturated heterocycles. The number of carbonyl (C=O) groups is 1. The highest BCUT2D eigenvalue weighted by molar-refractivity contribution is 5.77. The highest BCUT2D eigenvalue weighted by Crippen LogP contribution is 2.50. The standard InChI is InChI=1S/C12H20N2O/c13-10-3-4-11(15)14-12(10)9-6-7-1-2-8(9)5-7/h7-10,12H,1-6,13H2,(H,14,15)/t7-,8-,9+,10+,12-/m0/s1. The molecule has 5 atom stereocenters. The van der Waals surface area contributed by atoms with Crippen LogP contribution in [0.15, 0.2) is 0 Å². The van der Waals surface area contributed by atoms with Crippen LogP contribution in [-0.2, 0) is 4.79 Å². The lowest BCUT2D eigenvalue weighted by molar-refractivity contribution is -0.124. The third kappa shape index (κ3) is 1.57.